The minimum Gasteiger partial charge on any atom is -0.444 e. The van der Waals surface area contributed by atoms with E-state index in [4.69, 9.17) is 4.74 Å². The Balaban J connectivity index is 0.000000290. The van der Waals surface area contributed by atoms with Gasteiger partial charge in [0.25, 0.3) is 0 Å². The SMILES string of the molecule is CC(C)(C)OC(=O)N1CCC(C(=O)Nc2cccc(F)c2)CC1.Cl.O=C(Nc1cccc(F)c1)C1CCNCC1. The van der Waals surface area contributed by atoms with Gasteiger partial charge in [0.2, 0.25) is 11.8 Å². The summed E-state index contributed by atoms with van der Waals surface area (Å²) in [5.74, 6) is -1.00. The molecule has 3 amide bonds. The molecule has 2 saturated heterocycles. The van der Waals surface area contributed by atoms with Crippen molar-refractivity contribution in [2.45, 2.75) is 52.1 Å². The highest BCUT2D eigenvalue weighted by molar-refractivity contribution is 5.93. The molecule has 3 N–H and O–H groups in total. The summed E-state index contributed by atoms with van der Waals surface area (Å²) in [4.78, 5) is 37.6. The van der Waals surface area contributed by atoms with Gasteiger partial charge in [-0.1, -0.05) is 12.1 Å². The van der Waals surface area contributed by atoms with E-state index in [1.807, 2.05) is 20.8 Å². The third-order valence-electron chi connectivity index (χ3n) is 6.41. The minimum atomic E-state index is -0.525. The van der Waals surface area contributed by atoms with Crippen LogP contribution >= 0.6 is 12.4 Å². The third kappa shape index (κ3) is 11.1. The van der Waals surface area contributed by atoms with Crippen LogP contribution in [0.5, 0.6) is 0 Å². The van der Waals surface area contributed by atoms with E-state index >= 15 is 0 Å². The first-order chi connectivity index (χ1) is 18.5. The van der Waals surface area contributed by atoms with Gasteiger partial charge in [0.05, 0.1) is 0 Å². The molecule has 0 saturated carbocycles. The Bertz CT molecular complexity index is 1130. The monoisotopic (exact) mass is 580 g/mol. The number of hydrogen-bond donors (Lipinski definition) is 3. The van der Waals surface area contributed by atoms with Crippen molar-refractivity contribution in [2.24, 2.45) is 11.8 Å². The smallest absolute Gasteiger partial charge is 0.410 e. The number of benzene rings is 2. The molecular weight excluding hydrogens is 542 g/mol. The molecule has 0 spiro atoms. The molecule has 0 radical (unpaired) electrons. The molecule has 0 atom stereocenters. The maximum absolute atomic E-state index is 13.1. The molecule has 2 aromatic rings. The molecular formula is C29H39ClF2N4O4. The number of carbonyl (C=O) groups excluding carboxylic acids is 3. The molecule has 2 aliphatic heterocycles. The predicted molar refractivity (Wildman–Crippen MR) is 153 cm³/mol. The summed E-state index contributed by atoms with van der Waals surface area (Å²) in [6.07, 6.45) is 2.49. The molecule has 0 aromatic heterocycles. The van der Waals surface area contributed by atoms with Gasteiger partial charge in [0.15, 0.2) is 0 Å². The lowest BCUT2D eigenvalue weighted by Gasteiger charge is -2.32. The van der Waals surface area contributed by atoms with Crippen LogP contribution in [0, 0.1) is 23.5 Å². The normalized spacial score (nSPS) is 16.1. The number of nitrogens with zero attached hydrogens (tertiary/aromatic N) is 1. The van der Waals surface area contributed by atoms with E-state index in [2.05, 4.69) is 16.0 Å². The highest BCUT2D eigenvalue weighted by Gasteiger charge is 2.30. The number of nitrogens with one attached hydrogen (secondary N) is 3. The van der Waals surface area contributed by atoms with E-state index < -0.39 is 5.60 Å². The number of piperidine rings is 2. The number of carbonyl (C=O) groups is 3. The number of amides is 3. The average Bonchev–Trinajstić information content (AvgIpc) is 2.89. The topological polar surface area (TPSA) is 99.8 Å². The van der Waals surface area contributed by atoms with E-state index in [1.165, 1.54) is 24.3 Å². The lowest BCUT2D eigenvalue weighted by atomic mass is 9.96. The van der Waals surface area contributed by atoms with Crippen LogP contribution in [0.3, 0.4) is 0 Å². The second kappa shape index (κ2) is 15.5. The fraction of sp³-hybridized carbons (Fsp3) is 0.483. The van der Waals surface area contributed by atoms with Gasteiger partial charge in [0.1, 0.15) is 17.2 Å². The molecule has 0 aliphatic carbocycles. The zero-order valence-corrected chi connectivity index (χ0v) is 24.0. The third-order valence-corrected chi connectivity index (χ3v) is 6.41. The van der Waals surface area contributed by atoms with Crippen molar-refractivity contribution in [1.82, 2.24) is 10.2 Å². The highest BCUT2D eigenvalue weighted by Crippen LogP contribution is 2.22. The molecule has 2 fully saturated rings. The molecule has 2 heterocycles. The summed E-state index contributed by atoms with van der Waals surface area (Å²) >= 11 is 0. The van der Waals surface area contributed by atoms with Crippen molar-refractivity contribution < 1.29 is 27.9 Å². The predicted octanol–water partition coefficient (Wildman–Crippen LogP) is 5.60. The molecule has 0 bridgehead atoms. The lowest BCUT2D eigenvalue weighted by molar-refractivity contribution is -0.121. The summed E-state index contributed by atoms with van der Waals surface area (Å²) in [6.45, 7) is 8.19. The molecule has 220 valence electrons. The summed E-state index contributed by atoms with van der Waals surface area (Å²) in [5.41, 5.74) is 0.455. The molecule has 4 rings (SSSR count). The Morgan fingerprint density at radius 1 is 0.825 bits per heavy atom. The van der Waals surface area contributed by atoms with Crippen LogP contribution in [0.2, 0.25) is 0 Å². The molecule has 8 nitrogen and oxygen atoms in total. The second-order valence-corrected chi connectivity index (χ2v) is 10.8. The Hall–Kier alpha value is -3.24. The quantitative estimate of drug-likeness (QED) is 0.437. The number of likely N-dealkylation sites (tertiary alicyclic amines) is 1. The van der Waals surface area contributed by atoms with Gasteiger partial charge in [-0.25, -0.2) is 13.6 Å². The number of rotatable bonds is 4. The lowest BCUT2D eigenvalue weighted by Crippen LogP contribution is -2.43. The Morgan fingerprint density at radius 3 is 1.70 bits per heavy atom. The van der Waals surface area contributed by atoms with Gasteiger partial charge in [-0.05, 0) is 95.9 Å². The van der Waals surface area contributed by atoms with Gasteiger partial charge < -0.3 is 25.6 Å². The van der Waals surface area contributed by atoms with Crippen LogP contribution < -0.4 is 16.0 Å². The van der Waals surface area contributed by atoms with E-state index in [0.29, 0.717) is 37.3 Å². The first kappa shape index (κ1) is 33.0. The Labute approximate surface area is 240 Å². The number of anilines is 2. The zero-order valence-electron chi connectivity index (χ0n) is 23.2. The van der Waals surface area contributed by atoms with E-state index in [-0.39, 0.29) is 53.8 Å². The highest BCUT2D eigenvalue weighted by atomic mass is 35.5. The van der Waals surface area contributed by atoms with E-state index in [9.17, 15) is 23.2 Å². The summed E-state index contributed by atoms with van der Waals surface area (Å²) in [6, 6.07) is 11.8. The van der Waals surface area contributed by atoms with Crippen molar-refractivity contribution >= 4 is 41.7 Å². The van der Waals surface area contributed by atoms with Gasteiger partial charge in [0, 0.05) is 36.3 Å². The second-order valence-electron chi connectivity index (χ2n) is 10.8. The Kier molecular flexibility index (Phi) is 12.8. The van der Waals surface area contributed by atoms with Crippen LogP contribution in [0.25, 0.3) is 0 Å². The number of ether oxygens (including phenoxy) is 1. The fourth-order valence-corrected chi connectivity index (χ4v) is 4.36. The van der Waals surface area contributed by atoms with Gasteiger partial charge >= 0.3 is 6.09 Å². The van der Waals surface area contributed by atoms with Crippen LogP contribution in [0.1, 0.15) is 46.5 Å². The van der Waals surface area contributed by atoms with Crippen molar-refractivity contribution in [3.63, 3.8) is 0 Å². The summed E-state index contributed by atoms with van der Waals surface area (Å²) < 4.78 is 31.4. The first-order valence-electron chi connectivity index (χ1n) is 13.3. The fourth-order valence-electron chi connectivity index (χ4n) is 4.36. The number of hydrogen-bond acceptors (Lipinski definition) is 5. The number of halogens is 3. The maximum atomic E-state index is 13.1. The van der Waals surface area contributed by atoms with Crippen molar-refractivity contribution in [3.05, 3.63) is 60.2 Å². The minimum absolute atomic E-state index is 0. The average molecular weight is 581 g/mol. The zero-order chi connectivity index (χ0) is 28.4. The molecule has 40 heavy (non-hydrogen) atoms. The molecule has 0 unspecified atom stereocenters. The Morgan fingerprint density at radius 2 is 1.27 bits per heavy atom. The van der Waals surface area contributed by atoms with Crippen LogP contribution in [-0.4, -0.2) is 54.6 Å². The summed E-state index contributed by atoms with van der Waals surface area (Å²) in [5, 5.41) is 8.67. The molecule has 11 heteroatoms. The van der Waals surface area contributed by atoms with Crippen molar-refractivity contribution in [3.8, 4) is 0 Å². The maximum Gasteiger partial charge on any atom is 0.410 e. The van der Waals surface area contributed by atoms with Gasteiger partial charge in [-0.3, -0.25) is 9.59 Å². The van der Waals surface area contributed by atoms with Crippen LogP contribution in [-0.2, 0) is 14.3 Å². The van der Waals surface area contributed by atoms with Crippen molar-refractivity contribution in [1.29, 1.82) is 0 Å². The largest absolute Gasteiger partial charge is 0.444 e. The van der Waals surface area contributed by atoms with Crippen LogP contribution in [0.4, 0.5) is 25.0 Å². The van der Waals surface area contributed by atoms with Crippen LogP contribution in [0.15, 0.2) is 48.5 Å². The van der Waals surface area contributed by atoms with Crippen molar-refractivity contribution in [2.75, 3.05) is 36.8 Å². The van der Waals surface area contributed by atoms with E-state index in [1.54, 1.807) is 29.2 Å². The molecule has 2 aromatic carbocycles. The standard InChI is InChI=1S/C17H23FN2O3.C12H15FN2O.ClH/c1-17(2,3)23-16(22)20-9-7-12(8-10-20)15(21)19-14-6-4-5-13(18)11-14;13-10-2-1-3-11(8-10)15-12(16)9-4-6-14-7-5-9;/h4-6,11-12H,7-10H2,1-3H3,(H,19,21);1-3,8-9,14H,4-7H2,(H,15,16);1H. The summed E-state index contributed by atoms with van der Waals surface area (Å²) in [7, 11) is 0. The van der Waals surface area contributed by atoms with E-state index in [0.717, 1.165) is 25.9 Å². The van der Waals surface area contributed by atoms with Gasteiger partial charge in [-0.15, -0.1) is 12.4 Å². The van der Waals surface area contributed by atoms with Gasteiger partial charge in [-0.2, -0.15) is 0 Å². The molecule has 2 aliphatic rings. The first-order valence-corrected chi connectivity index (χ1v) is 13.3.